The maximum Gasteiger partial charge on any atom is 0.119 e. The van der Waals surface area contributed by atoms with Crippen LogP contribution in [0.15, 0.2) is 29.4 Å². The van der Waals surface area contributed by atoms with Crippen LogP contribution in [0.1, 0.15) is 38.2 Å². The summed E-state index contributed by atoms with van der Waals surface area (Å²) in [6, 6.07) is 7.97. The number of hydrogen-bond acceptors (Lipinski definition) is 3. The summed E-state index contributed by atoms with van der Waals surface area (Å²) in [7, 11) is 1.78. The van der Waals surface area contributed by atoms with Crippen LogP contribution >= 0.6 is 0 Å². The van der Waals surface area contributed by atoms with Gasteiger partial charge < -0.3 is 10.2 Å². The standard InChI is InChI=1S/C14H22N2O/c1-3-4-5-6-11-17-14-9-7-13(8-10-14)12-16-15-2/h7-10,12,15H,3-6,11H2,1-2H3/b16-12+. The van der Waals surface area contributed by atoms with Crippen LogP contribution in [0.5, 0.6) is 5.75 Å². The minimum Gasteiger partial charge on any atom is -0.494 e. The van der Waals surface area contributed by atoms with Crippen molar-refractivity contribution in [3.8, 4) is 5.75 Å². The summed E-state index contributed by atoms with van der Waals surface area (Å²) >= 11 is 0. The van der Waals surface area contributed by atoms with E-state index in [1.165, 1.54) is 19.3 Å². The summed E-state index contributed by atoms with van der Waals surface area (Å²) in [5.74, 6) is 0.933. The zero-order valence-electron chi connectivity index (χ0n) is 10.8. The zero-order valence-corrected chi connectivity index (χ0v) is 10.8. The van der Waals surface area contributed by atoms with Crippen LogP contribution in [0.2, 0.25) is 0 Å². The van der Waals surface area contributed by atoms with Crippen LogP contribution < -0.4 is 10.2 Å². The number of unbranched alkanes of at least 4 members (excludes halogenated alkanes) is 3. The van der Waals surface area contributed by atoms with Gasteiger partial charge in [-0.3, -0.25) is 0 Å². The molecule has 0 bridgehead atoms. The van der Waals surface area contributed by atoms with Gasteiger partial charge in [0.1, 0.15) is 5.75 Å². The number of benzene rings is 1. The average Bonchev–Trinajstić information content (AvgIpc) is 2.37. The second-order valence-corrected chi connectivity index (χ2v) is 3.96. The summed E-state index contributed by atoms with van der Waals surface area (Å²) in [6.45, 7) is 3.02. The van der Waals surface area contributed by atoms with Gasteiger partial charge in [-0.2, -0.15) is 5.10 Å². The molecule has 3 heteroatoms. The molecule has 1 aromatic rings. The third-order valence-electron chi connectivity index (χ3n) is 2.49. The van der Waals surface area contributed by atoms with E-state index in [9.17, 15) is 0 Å². The Morgan fingerprint density at radius 1 is 1.18 bits per heavy atom. The predicted octanol–water partition coefficient (Wildman–Crippen LogP) is 3.20. The molecule has 1 aromatic carbocycles. The summed E-state index contributed by atoms with van der Waals surface area (Å²) in [4.78, 5) is 0. The molecule has 0 saturated heterocycles. The molecule has 0 amide bonds. The number of nitrogens with one attached hydrogen (secondary N) is 1. The second kappa shape index (κ2) is 8.62. The van der Waals surface area contributed by atoms with E-state index in [1.807, 2.05) is 24.3 Å². The van der Waals surface area contributed by atoms with Crippen LogP contribution in [0.25, 0.3) is 0 Å². The van der Waals surface area contributed by atoms with Crippen LogP contribution in [0.4, 0.5) is 0 Å². The Morgan fingerprint density at radius 2 is 1.94 bits per heavy atom. The molecule has 0 unspecified atom stereocenters. The summed E-state index contributed by atoms with van der Waals surface area (Å²) in [6.07, 6.45) is 6.73. The van der Waals surface area contributed by atoms with Crippen LogP contribution in [0, 0.1) is 0 Å². The van der Waals surface area contributed by atoms with Crippen molar-refractivity contribution in [3.63, 3.8) is 0 Å². The van der Waals surface area contributed by atoms with E-state index in [2.05, 4.69) is 17.5 Å². The molecule has 1 N–H and O–H groups in total. The Balaban J connectivity index is 2.28. The second-order valence-electron chi connectivity index (χ2n) is 3.96. The Kier molecular flexibility index (Phi) is 6.87. The van der Waals surface area contributed by atoms with Crippen molar-refractivity contribution in [3.05, 3.63) is 29.8 Å². The van der Waals surface area contributed by atoms with E-state index in [4.69, 9.17) is 4.74 Å². The molecule has 0 aromatic heterocycles. The van der Waals surface area contributed by atoms with Crippen LogP contribution in [0.3, 0.4) is 0 Å². The highest BCUT2D eigenvalue weighted by Gasteiger charge is 1.94. The average molecular weight is 234 g/mol. The lowest BCUT2D eigenvalue weighted by Crippen LogP contribution is -1.98. The first-order valence-electron chi connectivity index (χ1n) is 6.29. The molecule has 94 valence electrons. The van der Waals surface area contributed by atoms with Gasteiger partial charge in [-0.25, -0.2) is 0 Å². The molecule has 0 atom stereocenters. The number of ether oxygens (including phenoxy) is 1. The molecule has 3 nitrogen and oxygen atoms in total. The number of nitrogens with zero attached hydrogens (tertiary/aromatic N) is 1. The van der Waals surface area contributed by atoms with Gasteiger partial charge >= 0.3 is 0 Å². The van der Waals surface area contributed by atoms with Gasteiger partial charge in [-0.1, -0.05) is 26.2 Å². The lowest BCUT2D eigenvalue weighted by molar-refractivity contribution is 0.305. The van der Waals surface area contributed by atoms with Gasteiger partial charge in [0.05, 0.1) is 12.8 Å². The Hall–Kier alpha value is -1.51. The van der Waals surface area contributed by atoms with Gasteiger partial charge in [-0.15, -0.1) is 0 Å². The molecule has 1 rings (SSSR count). The molecule has 0 spiro atoms. The first-order valence-corrected chi connectivity index (χ1v) is 6.29. The van der Waals surface area contributed by atoms with E-state index in [0.717, 1.165) is 24.3 Å². The molecule has 0 aliphatic carbocycles. The number of rotatable bonds is 8. The Morgan fingerprint density at radius 3 is 2.59 bits per heavy atom. The highest BCUT2D eigenvalue weighted by Crippen LogP contribution is 2.12. The minimum atomic E-state index is 0.809. The van der Waals surface area contributed by atoms with Crippen molar-refractivity contribution < 1.29 is 4.74 Å². The molecule has 0 radical (unpaired) electrons. The summed E-state index contributed by atoms with van der Waals surface area (Å²) < 4.78 is 5.65. The first kappa shape index (κ1) is 13.6. The van der Waals surface area contributed by atoms with Crippen molar-refractivity contribution in [2.45, 2.75) is 32.6 Å². The van der Waals surface area contributed by atoms with Crippen LogP contribution in [-0.4, -0.2) is 19.9 Å². The molecule has 0 heterocycles. The Bertz CT molecular complexity index is 319. The van der Waals surface area contributed by atoms with Gasteiger partial charge in [0, 0.05) is 7.05 Å². The minimum absolute atomic E-state index is 0.809. The number of hydrazone groups is 1. The molecular formula is C14H22N2O. The lowest BCUT2D eigenvalue weighted by atomic mass is 10.2. The van der Waals surface area contributed by atoms with E-state index in [1.54, 1.807) is 13.3 Å². The molecule has 0 aliphatic rings. The van der Waals surface area contributed by atoms with Gasteiger partial charge in [-0.05, 0) is 36.2 Å². The maximum atomic E-state index is 5.65. The first-order chi connectivity index (χ1) is 8.36. The molecular weight excluding hydrogens is 212 g/mol. The van der Waals surface area contributed by atoms with Crippen LogP contribution in [-0.2, 0) is 0 Å². The third kappa shape index (κ3) is 5.95. The quantitative estimate of drug-likeness (QED) is 0.426. The fraction of sp³-hybridized carbons (Fsp3) is 0.500. The van der Waals surface area contributed by atoms with Crippen molar-refractivity contribution in [1.29, 1.82) is 0 Å². The monoisotopic (exact) mass is 234 g/mol. The zero-order chi connectivity index (χ0) is 12.3. The highest BCUT2D eigenvalue weighted by molar-refractivity contribution is 5.79. The molecule has 0 fully saturated rings. The molecule has 0 saturated carbocycles. The van der Waals surface area contributed by atoms with Crippen molar-refractivity contribution >= 4 is 6.21 Å². The summed E-state index contributed by atoms with van der Waals surface area (Å²) in [5.41, 5.74) is 3.79. The molecule has 17 heavy (non-hydrogen) atoms. The van der Waals surface area contributed by atoms with Gasteiger partial charge in [0.15, 0.2) is 0 Å². The third-order valence-corrected chi connectivity index (χ3v) is 2.49. The van der Waals surface area contributed by atoms with Crippen molar-refractivity contribution in [1.82, 2.24) is 5.43 Å². The Labute approximate surface area is 104 Å². The smallest absolute Gasteiger partial charge is 0.119 e. The van der Waals surface area contributed by atoms with E-state index < -0.39 is 0 Å². The van der Waals surface area contributed by atoms with E-state index in [0.29, 0.717) is 0 Å². The normalized spacial score (nSPS) is 10.7. The van der Waals surface area contributed by atoms with Crippen molar-refractivity contribution in [2.75, 3.05) is 13.7 Å². The fourth-order valence-corrected chi connectivity index (χ4v) is 1.51. The number of hydrogen-bond donors (Lipinski definition) is 1. The van der Waals surface area contributed by atoms with E-state index >= 15 is 0 Å². The predicted molar refractivity (Wildman–Crippen MR) is 72.7 cm³/mol. The highest BCUT2D eigenvalue weighted by atomic mass is 16.5. The lowest BCUT2D eigenvalue weighted by Gasteiger charge is -2.05. The van der Waals surface area contributed by atoms with E-state index in [-0.39, 0.29) is 0 Å². The SMILES string of the molecule is CCCCCCOc1ccc(/C=N/NC)cc1. The van der Waals surface area contributed by atoms with Gasteiger partial charge in [0.25, 0.3) is 0 Å². The van der Waals surface area contributed by atoms with Crippen molar-refractivity contribution in [2.24, 2.45) is 5.10 Å². The fourth-order valence-electron chi connectivity index (χ4n) is 1.51. The summed E-state index contributed by atoms with van der Waals surface area (Å²) in [5, 5.41) is 3.95. The topological polar surface area (TPSA) is 33.6 Å². The largest absolute Gasteiger partial charge is 0.494 e. The van der Waals surface area contributed by atoms with Gasteiger partial charge in [0.2, 0.25) is 0 Å². The maximum absolute atomic E-state index is 5.65. The molecule has 0 aliphatic heterocycles.